The Labute approximate surface area is 136 Å². The fourth-order valence-corrected chi connectivity index (χ4v) is 4.71. The molecule has 0 aromatic carbocycles. The zero-order valence-corrected chi connectivity index (χ0v) is 13.5. The number of hydrogen-bond acceptors (Lipinski definition) is 4. The van der Waals surface area contributed by atoms with Crippen molar-refractivity contribution in [1.82, 2.24) is 0 Å². The van der Waals surface area contributed by atoms with E-state index in [2.05, 4.69) is 16.0 Å². The molecule has 126 valence electrons. The van der Waals surface area contributed by atoms with Gasteiger partial charge in [-0.05, 0) is 37.5 Å². The lowest BCUT2D eigenvalue weighted by Crippen LogP contribution is -2.74. The normalized spacial score (nSPS) is 37.1. The van der Waals surface area contributed by atoms with Gasteiger partial charge in [0.05, 0.1) is 0 Å². The minimum absolute atomic E-state index is 0.238. The number of carbonyl (C=O) groups is 2. The third kappa shape index (κ3) is 2.49. The van der Waals surface area contributed by atoms with Crippen molar-refractivity contribution >= 4 is 17.8 Å². The molecule has 3 N–H and O–H groups in total. The number of carbonyl (C=O) groups excluding carboxylic acids is 2. The number of aliphatic hydroxyl groups is 1. The molecule has 23 heavy (non-hydrogen) atoms. The molecule has 2 amide bonds. The summed E-state index contributed by atoms with van der Waals surface area (Å²) in [5.41, 5.74) is 2.92. The quantitative estimate of drug-likeness (QED) is 0.809. The van der Waals surface area contributed by atoms with Crippen molar-refractivity contribution in [3.05, 3.63) is 0 Å². The van der Waals surface area contributed by atoms with Crippen molar-refractivity contribution in [3.8, 4) is 0 Å². The number of rotatable bonds is 2. The largest absolute Gasteiger partial charge is 0.377 e. The molecule has 2 atom stereocenters. The van der Waals surface area contributed by atoms with Gasteiger partial charge in [0.1, 0.15) is 11.5 Å². The summed E-state index contributed by atoms with van der Waals surface area (Å²) < 4.78 is 0. The van der Waals surface area contributed by atoms with Gasteiger partial charge in [0.15, 0.2) is 5.60 Å². The van der Waals surface area contributed by atoms with E-state index >= 15 is 0 Å². The molecule has 2 unspecified atom stereocenters. The Balaban J connectivity index is 2.07. The van der Waals surface area contributed by atoms with Crippen molar-refractivity contribution in [2.24, 2.45) is 27.6 Å². The number of hydrogen-bond donors (Lipinski definition) is 2. The molecule has 0 spiro atoms. The zero-order chi connectivity index (χ0) is 16.5. The molecule has 3 aliphatic rings. The molecule has 2 aliphatic carbocycles. The predicted molar refractivity (Wildman–Crippen MR) is 84.9 cm³/mol. The summed E-state index contributed by atoms with van der Waals surface area (Å²) in [6, 6.07) is 2.15. The van der Waals surface area contributed by atoms with Crippen LogP contribution in [0.3, 0.4) is 0 Å². The van der Waals surface area contributed by atoms with Crippen LogP contribution >= 0.6 is 0 Å². The van der Waals surface area contributed by atoms with E-state index in [0.717, 1.165) is 51.4 Å². The van der Waals surface area contributed by atoms with Crippen molar-refractivity contribution in [2.75, 3.05) is 0 Å². The summed E-state index contributed by atoms with van der Waals surface area (Å²) in [5.74, 6) is -1.96. The maximum absolute atomic E-state index is 12.7. The van der Waals surface area contributed by atoms with E-state index in [0.29, 0.717) is 12.8 Å². The van der Waals surface area contributed by atoms with E-state index in [1.54, 1.807) is 0 Å². The van der Waals surface area contributed by atoms with Crippen molar-refractivity contribution in [3.63, 3.8) is 0 Å². The Morgan fingerprint density at radius 1 is 0.870 bits per heavy atom. The minimum Gasteiger partial charge on any atom is -0.377 e. The van der Waals surface area contributed by atoms with Gasteiger partial charge in [0.25, 0.3) is 11.8 Å². The average molecular weight is 319 g/mol. The van der Waals surface area contributed by atoms with Gasteiger partial charge in [-0.1, -0.05) is 38.5 Å². The van der Waals surface area contributed by atoms with Crippen LogP contribution in [0.5, 0.6) is 0 Å². The first-order valence-corrected chi connectivity index (χ1v) is 8.78. The van der Waals surface area contributed by atoms with Crippen LogP contribution in [0.2, 0.25) is 0 Å². The molecule has 1 aliphatic heterocycles. The smallest absolute Gasteiger partial charge is 0.289 e. The zero-order valence-electron chi connectivity index (χ0n) is 13.5. The topological polar surface area (TPSA) is 105 Å². The third-order valence-electron chi connectivity index (χ3n) is 6.06. The molecule has 3 rings (SSSR count). The molecule has 0 saturated heterocycles. The summed E-state index contributed by atoms with van der Waals surface area (Å²) in [7, 11) is 0. The molecule has 6 nitrogen and oxygen atoms in total. The standard InChI is InChI=1S/C17H25N3O3/c18-16(12-7-3-1-4-8-12)14(21)19-11-20-15(22)17(16,23)13-9-5-2-6-10-13/h12-13,23H,1-10,18H2. The number of aliphatic imine (C=N–C) groups is 2. The van der Waals surface area contributed by atoms with E-state index in [9.17, 15) is 14.7 Å². The lowest BCUT2D eigenvalue weighted by Gasteiger charge is -2.49. The average Bonchev–Trinajstić information content (AvgIpc) is 2.69. The minimum atomic E-state index is -1.96. The number of nitrogens with zero attached hydrogens (tertiary/aromatic N) is 2. The van der Waals surface area contributed by atoms with Crippen LogP contribution in [-0.2, 0) is 9.59 Å². The maximum Gasteiger partial charge on any atom is 0.289 e. The second-order valence-corrected chi connectivity index (χ2v) is 7.24. The predicted octanol–water partition coefficient (Wildman–Crippen LogP) is 1.82. The van der Waals surface area contributed by atoms with E-state index in [-0.39, 0.29) is 11.8 Å². The first kappa shape index (κ1) is 16.5. The van der Waals surface area contributed by atoms with E-state index in [1.807, 2.05) is 0 Å². The Bertz CT molecular complexity index is 511. The monoisotopic (exact) mass is 319 g/mol. The van der Waals surface area contributed by atoms with Crippen LogP contribution in [0, 0.1) is 11.8 Å². The van der Waals surface area contributed by atoms with Crippen molar-refractivity contribution < 1.29 is 14.7 Å². The van der Waals surface area contributed by atoms with Crippen LogP contribution in [0.4, 0.5) is 0 Å². The fraction of sp³-hybridized carbons (Fsp3) is 0.824. The summed E-state index contributed by atoms with van der Waals surface area (Å²) in [6.07, 6.45) is 8.80. The first-order chi connectivity index (χ1) is 11.0. The van der Waals surface area contributed by atoms with Crippen LogP contribution in [0.1, 0.15) is 64.2 Å². The van der Waals surface area contributed by atoms with Gasteiger partial charge < -0.3 is 10.8 Å². The van der Waals surface area contributed by atoms with Gasteiger partial charge in [0, 0.05) is 0 Å². The van der Waals surface area contributed by atoms with Crippen LogP contribution in [0.15, 0.2) is 9.98 Å². The van der Waals surface area contributed by atoms with Gasteiger partial charge in [-0.15, -0.1) is 9.98 Å². The van der Waals surface area contributed by atoms with E-state index in [1.165, 1.54) is 0 Å². The second kappa shape index (κ2) is 6.27. The molecule has 0 aromatic heterocycles. The molecule has 0 aromatic rings. The fourth-order valence-electron chi connectivity index (χ4n) is 4.71. The van der Waals surface area contributed by atoms with Gasteiger partial charge in [-0.3, -0.25) is 9.59 Å². The maximum atomic E-state index is 12.7. The Morgan fingerprint density at radius 3 is 1.91 bits per heavy atom. The highest BCUT2D eigenvalue weighted by Gasteiger charge is 2.65. The van der Waals surface area contributed by atoms with Crippen LogP contribution in [-0.4, -0.2) is 34.1 Å². The Kier molecular flexibility index (Phi) is 4.50. The van der Waals surface area contributed by atoms with Gasteiger partial charge in [0.2, 0.25) is 0 Å². The Hall–Kier alpha value is -1.36. The van der Waals surface area contributed by atoms with Gasteiger partial charge >= 0.3 is 0 Å². The molecule has 1 heterocycles. The van der Waals surface area contributed by atoms with Gasteiger partial charge in [-0.2, -0.15) is 0 Å². The van der Waals surface area contributed by atoms with Crippen LogP contribution in [0.25, 0.3) is 0 Å². The van der Waals surface area contributed by atoms with Crippen molar-refractivity contribution in [2.45, 2.75) is 75.3 Å². The Morgan fingerprint density at radius 2 is 1.35 bits per heavy atom. The SMILES string of the molecule is NC1(C2CCCCC2)C(=O)N=C=NC(=O)C1(O)C1CCCCC1. The summed E-state index contributed by atoms with van der Waals surface area (Å²) in [5, 5.41) is 11.5. The highest BCUT2D eigenvalue weighted by Crippen LogP contribution is 2.46. The highest BCUT2D eigenvalue weighted by molar-refractivity contribution is 6.05. The second-order valence-electron chi connectivity index (χ2n) is 7.24. The summed E-state index contributed by atoms with van der Waals surface area (Å²) in [6.45, 7) is 0. The molecule has 2 fully saturated rings. The van der Waals surface area contributed by atoms with Gasteiger partial charge in [-0.25, -0.2) is 0 Å². The molecular formula is C17H25N3O3. The lowest BCUT2D eigenvalue weighted by atomic mass is 9.59. The highest BCUT2D eigenvalue weighted by atomic mass is 16.3. The van der Waals surface area contributed by atoms with E-state index < -0.39 is 23.0 Å². The number of nitrogens with two attached hydrogens (primary N) is 1. The molecule has 2 saturated carbocycles. The molecule has 6 heteroatoms. The number of amides is 2. The molecule has 0 bridgehead atoms. The lowest BCUT2D eigenvalue weighted by molar-refractivity contribution is -0.168. The van der Waals surface area contributed by atoms with Crippen molar-refractivity contribution in [1.29, 1.82) is 0 Å². The molecule has 0 radical (unpaired) electrons. The summed E-state index contributed by atoms with van der Waals surface area (Å²) >= 11 is 0. The third-order valence-corrected chi connectivity index (χ3v) is 6.06. The molecular weight excluding hydrogens is 294 g/mol. The first-order valence-electron chi connectivity index (χ1n) is 8.78. The van der Waals surface area contributed by atoms with Crippen LogP contribution < -0.4 is 5.73 Å². The summed E-state index contributed by atoms with van der Waals surface area (Å²) in [4.78, 5) is 32.6. The van der Waals surface area contributed by atoms with E-state index in [4.69, 9.17) is 5.73 Å².